The highest BCUT2D eigenvalue weighted by Crippen LogP contribution is 2.21. The maximum Gasteiger partial charge on any atom is 0.0870 e. The summed E-state index contributed by atoms with van der Waals surface area (Å²) in [5, 5.41) is 3.55. The molecule has 0 radical (unpaired) electrons. The third-order valence-electron chi connectivity index (χ3n) is 3.07. The Kier molecular flexibility index (Phi) is 5.58. The van der Waals surface area contributed by atoms with Crippen LogP contribution in [0, 0.1) is 0 Å². The Morgan fingerprint density at radius 1 is 1.33 bits per heavy atom. The molecule has 0 amide bonds. The summed E-state index contributed by atoms with van der Waals surface area (Å²) in [6, 6.07) is 0.627. The Balaban J connectivity index is 0.000000531. The van der Waals surface area contributed by atoms with Crippen LogP contribution in [0.25, 0.3) is 0 Å². The molecule has 0 bridgehead atoms. The molecule has 15 heavy (non-hydrogen) atoms. The zero-order valence-electron chi connectivity index (χ0n) is 10.6. The first-order chi connectivity index (χ1) is 7.29. The van der Waals surface area contributed by atoms with E-state index in [0.29, 0.717) is 18.3 Å². The molecule has 0 aromatic rings. The molecule has 2 fully saturated rings. The van der Waals surface area contributed by atoms with E-state index in [-0.39, 0.29) is 0 Å². The van der Waals surface area contributed by atoms with Crippen molar-refractivity contribution in [3.63, 3.8) is 0 Å². The van der Waals surface area contributed by atoms with Crippen LogP contribution in [0.4, 0.5) is 0 Å². The smallest absolute Gasteiger partial charge is 0.0870 e. The molecule has 2 atom stereocenters. The van der Waals surface area contributed by atoms with E-state index in [9.17, 15) is 0 Å². The van der Waals surface area contributed by atoms with Gasteiger partial charge >= 0.3 is 0 Å². The molecule has 2 heterocycles. The number of rotatable bonds is 1. The van der Waals surface area contributed by atoms with E-state index < -0.39 is 0 Å². The standard InChI is InChI=1S/C10H20N2O.C2H6/c1-8(2)12-6-7-13-9-4-3-5-11-10(9)12;1-2/h8-11H,3-7H2,1-2H3;1-2H3. The minimum absolute atomic E-state index is 0.435. The number of nitrogens with one attached hydrogen (secondary N) is 1. The fourth-order valence-corrected chi connectivity index (χ4v) is 2.38. The van der Waals surface area contributed by atoms with Crippen molar-refractivity contribution in [3.8, 4) is 0 Å². The van der Waals surface area contributed by atoms with Crippen molar-refractivity contribution in [2.75, 3.05) is 19.7 Å². The van der Waals surface area contributed by atoms with E-state index in [1.54, 1.807) is 0 Å². The highest BCUT2D eigenvalue weighted by Gasteiger charge is 2.34. The second kappa shape index (κ2) is 6.46. The lowest BCUT2D eigenvalue weighted by Gasteiger charge is -2.46. The Bertz CT molecular complexity index is 171. The van der Waals surface area contributed by atoms with Crippen molar-refractivity contribution in [3.05, 3.63) is 0 Å². The molecule has 0 aromatic heterocycles. The first-order valence-electron chi connectivity index (χ1n) is 6.40. The third kappa shape index (κ3) is 3.16. The summed E-state index contributed by atoms with van der Waals surface area (Å²) < 4.78 is 5.76. The average Bonchev–Trinajstić information content (AvgIpc) is 2.31. The monoisotopic (exact) mass is 214 g/mol. The lowest BCUT2D eigenvalue weighted by molar-refractivity contribution is -0.106. The van der Waals surface area contributed by atoms with Crippen LogP contribution in [0.1, 0.15) is 40.5 Å². The molecular weight excluding hydrogens is 188 g/mol. The van der Waals surface area contributed by atoms with Crippen molar-refractivity contribution in [1.82, 2.24) is 10.2 Å². The van der Waals surface area contributed by atoms with Gasteiger partial charge in [0.15, 0.2) is 0 Å². The van der Waals surface area contributed by atoms with Crippen LogP contribution in [0.5, 0.6) is 0 Å². The molecule has 2 aliphatic heterocycles. The topological polar surface area (TPSA) is 24.5 Å². The number of piperidine rings is 1. The average molecular weight is 214 g/mol. The van der Waals surface area contributed by atoms with Crippen molar-refractivity contribution in [1.29, 1.82) is 0 Å². The minimum atomic E-state index is 0.435. The van der Waals surface area contributed by atoms with Crippen LogP contribution in [0.15, 0.2) is 0 Å². The normalized spacial score (nSPS) is 31.8. The first kappa shape index (κ1) is 12.9. The second-order valence-corrected chi connectivity index (χ2v) is 4.28. The maximum absolute atomic E-state index is 5.76. The quantitative estimate of drug-likeness (QED) is 0.721. The summed E-state index contributed by atoms with van der Waals surface area (Å²) in [6.07, 6.45) is 3.39. The largest absolute Gasteiger partial charge is 0.374 e. The molecule has 0 aliphatic carbocycles. The fraction of sp³-hybridized carbons (Fsp3) is 1.00. The molecule has 0 spiro atoms. The zero-order chi connectivity index (χ0) is 11.3. The van der Waals surface area contributed by atoms with Gasteiger partial charge in [0.2, 0.25) is 0 Å². The number of ether oxygens (including phenoxy) is 1. The van der Waals surface area contributed by atoms with Crippen molar-refractivity contribution < 1.29 is 4.74 Å². The predicted molar refractivity (Wildman–Crippen MR) is 64.0 cm³/mol. The summed E-state index contributed by atoms with van der Waals surface area (Å²) in [4.78, 5) is 2.52. The molecule has 0 aromatic carbocycles. The summed E-state index contributed by atoms with van der Waals surface area (Å²) in [7, 11) is 0. The SMILES string of the molecule is CC.CC(C)N1CCOC2CCCNC21. The molecule has 0 saturated carbocycles. The van der Waals surface area contributed by atoms with E-state index in [4.69, 9.17) is 4.74 Å². The highest BCUT2D eigenvalue weighted by molar-refractivity contribution is 4.87. The van der Waals surface area contributed by atoms with Gasteiger partial charge in [0.1, 0.15) is 0 Å². The number of hydrogen-bond acceptors (Lipinski definition) is 3. The number of hydrogen-bond donors (Lipinski definition) is 1. The number of fused-ring (bicyclic) bond motifs is 1. The van der Waals surface area contributed by atoms with Gasteiger partial charge in [0.25, 0.3) is 0 Å². The van der Waals surface area contributed by atoms with E-state index in [1.807, 2.05) is 13.8 Å². The predicted octanol–water partition coefficient (Wildman–Crippen LogP) is 1.83. The lowest BCUT2D eigenvalue weighted by Crippen LogP contribution is -2.62. The molecule has 3 heteroatoms. The molecule has 2 saturated heterocycles. The molecule has 2 rings (SSSR count). The van der Waals surface area contributed by atoms with Crippen LogP contribution in [-0.4, -0.2) is 42.9 Å². The van der Waals surface area contributed by atoms with Crippen LogP contribution in [0.3, 0.4) is 0 Å². The summed E-state index contributed by atoms with van der Waals surface area (Å²) in [5.41, 5.74) is 0. The van der Waals surface area contributed by atoms with Gasteiger partial charge < -0.3 is 4.74 Å². The number of morpholine rings is 1. The van der Waals surface area contributed by atoms with E-state index >= 15 is 0 Å². The zero-order valence-corrected chi connectivity index (χ0v) is 10.6. The highest BCUT2D eigenvalue weighted by atomic mass is 16.5. The second-order valence-electron chi connectivity index (χ2n) is 4.28. The minimum Gasteiger partial charge on any atom is -0.374 e. The summed E-state index contributed by atoms with van der Waals surface area (Å²) in [5.74, 6) is 0. The Hall–Kier alpha value is -0.120. The lowest BCUT2D eigenvalue weighted by atomic mass is 10.0. The first-order valence-corrected chi connectivity index (χ1v) is 6.40. The Morgan fingerprint density at radius 3 is 2.73 bits per heavy atom. The van der Waals surface area contributed by atoms with Gasteiger partial charge in [0.05, 0.1) is 18.9 Å². The molecule has 2 unspecified atom stereocenters. The van der Waals surface area contributed by atoms with Crippen LogP contribution in [0.2, 0.25) is 0 Å². The molecule has 3 nitrogen and oxygen atoms in total. The van der Waals surface area contributed by atoms with Gasteiger partial charge in [-0.3, -0.25) is 10.2 Å². The van der Waals surface area contributed by atoms with Crippen molar-refractivity contribution in [2.45, 2.75) is 58.8 Å². The van der Waals surface area contributed by atoms with Crippen molar-refractivity contribution >= 4 is 0 Å². The van der Waals surface area contributed by atoms with E-state index in [2.05, 4.69) is 24.1 Å². The third-order valence-corrected chi connectivity index (χ3v) is 3.07. The van der Waals surface area contributed by atoms with Gasteiger partial charge in [-0.05, 0) is 33.2 Å². The maximum atomic E-state index is 5.76. The Labute approximate surface area is 94.2 Å². The van der Waals surface area contributed by atoms with Gasteiger partial charge in [-0.2, -0.15) is 0 Å². The molecular formula is C12H26N2O. The molecule has 2 aliphatic rings. The van der Waals surface area contributed by atoms with E-state index in [0.717, 1.165) is 19.7 Å². The fourth-order valence-electron chi connectivity index (χ4n) is 2.38. The van der Waals surface area contributed by atoms with Gasteiger partial charge in [-0.25, -0.2) is 0 Å². The van der Waals surface area contributed by atoms with Gasteiger partial charge in [-0.1, -0.05) is 13.8 Å². The number of nitrogens with zero attached hydrogens (tertiary/aromatic N) is 1. The Morgan fingerprint density at radius 2 is 2.07 bits per heavy atom. The molecule has 90 valence electrons. The van der Waals surface area contributed by atoms with Gasteiger partial charge in [-0.15, -0.1) is 0 Å². The van der Waals surface area contributed by atoms with Gasteiger partial charge in [0, 0.05) is 12.6 Å². The van der Waals surface area contributed by atoms with Crippen LogP contribution >= 0.6 is 0 Å². The van der Waals surface area contributed by atoms with Crippen molar-refractivity contribution in [2.24, 2.45) is 0 Å². The molecule has 1 N–H and O–H groups in total. The van der Waals surface area contributed by atoms with E-state index in [1.165, 1.54) is 12.8 Å². The van der Waals surface area contributed by atoms with Crippen LogP contribution in [-0.2, 0) is 4.74 Å². The van der Waals surface area contributed by atoms with Crippen LogP contribution < -0.4 is 5.32 Å². The summed E-state index contributed by atoms with van der Waals surface area (Å²) in [6.45, 7) is 11.7. The summed E-state index contributed by atoms with van der Waals surface area (Å²) >= 11 is 0.